The molecule has 1 aromatic carbocycles. The third-order valence-corrected chi connectivity index (χ3v) is 6.10. The van der Waals surface area contributed by atoms with E-state index in [1.807, 2.05) is 37.3 Å². The van der Waals surface area contributed by atoms with Crippen molar-refractivity contribution in [3.63, 3.8) is 0 Å². The minimum atomic E-state index is -3.42. The van der Waals surface area contributed by atoms with Crippen LogP contribution in [-0.2, 0) is 29.5 Å². The number of aryl methyl sites for hydroxylation is 1. The number of thiophene rings is 1. The number of sulfonamides is 1. The fourth-order valence-electron chi connectivity index (χ4n) is 1.74. The highest BCUT2D eigenvalue weighted by Gasteiger charge is 2.16. The van der Waals surface area contributed by atoms with Gasteiger partial charge in [-0.3, -0.25) is 0 Å². The van der Waals surface area contributed by atoms with Gasteiger partial charge >= 0.3 is 0 Å². The lowest BCUT2D eigenvalue weighted by Crippen LogP contribution is -2.22. The Morgan fingerprint density at radius 2 is 1.75 bits per heavy atom. The van der Waals surface area contributed by atoms with E-state index in [1.165, 1.54) is 11.3 Å². The van der Waals surface area contributed by atoms with E-state index in [0.717, 1.165) is 22.4 Å². The summed E-state index contributed by atoms with van der Waals surface area (Å²) < 4.78 is 27.3. The Balaban J connectivity index is 2.04. The predicted molar refractivity (Wildman–Crippen MR) is 82.1 cm³/mol. The van der Waals surface area contributed by atoms with Crippen molar-refractivity contribution >= 4 is 21.4 Å². The number of rotatable bonds is 6. The summed E-state index contributed by atoms with van der Waals surface area (Å²) in [4.78, 5) is 1.07. The molecule has 6 heteroatoms. The van der Waals surface area contributed by atoms with Gasteiger partial charge in [-0.25, -0.2) is 13.1 Å². The normalized spacial score (nSPS) is 11.7. The van der Waals surface area contributed by atoms with Crippen LogP contribution < -0.4 is 10.5 Å². The zero-order valence-corrected chi connectivity index (χ0v) is 12.9. The molecule has 0 aliphatic rings. The molecule has 0 aliphatic heterocycles. The van der Waals surface area contributed by atoms with Crippen molar-refractivity contribution in [1.82, 2.24) is 4.72 Å². The standard InChI is InChI=1S/C14H18N2O2S2/c1-2-13-7-8-14(19-13)20(17,18)16-10-12-5-3-11(9-15)4-6-12/h3-8,16H,2,9-10,15H2,1H3. The summed E-state index contributed by atoms with van der Waals surface area (Å²) in [6, 6.07) is 11.1. The minimum absolute atomic E-state index is 0.284. The zero-order valence-electron chi connectivity index (χ0n) is 11.3. The average molecular weight is 310 g/mol. The van der Waals surface area contributed by atoms with Crippen molar-refractivity contribution < 1.29 is 8.42 Å². The summed E-state index contributed by atoms with van der Waals surface area (Å²) in [5.74, 6) is 0. The Kier molecular flexibility index (Phi) is 4.93. The van der Waals surface area contributed by atoms with Gasteiger partial charge in [0.2, 0.25) is 10.0 Å². The van der Waals surface area contributed by atoms with Crippen LogP contribution in [0.25, 0.3) is 0 Å². The molecule has 0 aliphatic carbocycles. The molecule has 2 aromatic rings. The molecule has 0 fully saturated rings. The van der Waals surface area contributed by atoms with E-state index in [2.05, 4.69) is 4.72 Å². The highest BCUT2D eigenvalue weighted by atomic mass is 32.2. The van der Waals surface area contributed by atoms with Crippen LogP contribution in [0.15, 0.2) is 40.6 Å². The maximum atomic E-state index is 12.1. The van der Waals surface area contributed by atoms with E-state index in [0.29, 0.717) is 10.8 Å². The lowest BCUT2D eigenvalue weighted by atomic mass is 10.1. The second-order valence-electron chi connectivity index (χ2n) is 4.42. The lowest BCUT2D eigenvalue weighted by Gasteiger charge is -2.05. The van der Waals surface area contributed by atoms with Crippen LogP contribution in [0.4, 0.5) is 0 Å². The van der Waals surface area contributed by atoms with Gasteiger partial charge in [-0.2, -0.15) is 0 Å². The van der Waals surface area contributed by atoms with Crippen molar-refractivity contribution in [3.8, 4) is 0 Å². The highest BCUT2D eigenvalue weighted by Crippen LogP contribution is 2.21. The largest absolute Gasteiger partial charge is 0.326 e. The second kappa shape index (κ2) is 6.49. The van der Waals surface area contributed by atoms with E-state index in [1.54, 1.807) is 6.07 Å². The van der Waals surface area contributed by atoms with E-state index in [4.69, 9.17) is 5.73 Å². The van der Waals surface area contributed by atoms with Gasteiger partial charge < -0.3 is 5.73 Å². The first-order chi connectivity index (χ1) is 9.55. The molecular formula is C14H18N2O2S2. The van der Waals surface area contributed by atoms with Crippen LogP contribution >= 0.6 is 11.3 Å². The first kappa shape index (κ1) is 15.2. The highest BCUT2D eigenvalue weighted by molar-refractivity contribution is 7.91. The van der Waals surface area contributed by atoms with Crippen LogP contribution in [0.5, 0.6) is 0 Å². The first-order valence-corrected chi connectivity index (χ1v) is 8.71. The van der Waals surface area contributed by atoms with E-state index in [9.17, 15) is 8.42 Å². The minimum Gasteiger partial charge on any atom is -0.326 e. The molecule has 0 amide bonds. The van der Waals surface area contributed by atoms with E-state index < -0.39 is 10.0 Å². The number of hydrogen-bond acceptors (Lipinski definition) is 4. The maximum Gasteiger partial charge on any atom is 0.250 e. The van der Waals surface area contributed by atoms with Crippen LogP contribution in [0.1, 0.15) is 22.9 Å². The second-order valence-corrected chi connectivity index (χ2v) is 7.58. The van der Waals surface area contributed by atoms with Gasteiger partial charge in [-0.1, -0.05) is 31.2 Å². The van der Waals surface area contributed by atoms with Gasteiger partial charge in [0, 0.05) is 18.0 Å². The topological polar surface area (TPSA) is 72.2 Å². The van der Waals surface area contributed by atoms with Crippen LogP contribution in [-0.4, -0.2) is 8.42 Å². The van der Waals surface area contributed by atoms with Crippen LogP contribution in [0, 0.1) is 0 Å². The Morgan fingerprint density at radius 3 is 2.30 bits per heavy atom. The monoisotopic (exact) mass is 310 g/mol. The van der Waals surface area contributed by atoms with Gasteiger partial charge in [-0.05, 0) is 29.7 Å². The molecule has 2 rings (SSSR count). The predicted octanol–water partition coefficient (Wildman–Crippen LogP) is 2.25. The Hall–Kier alpha value is -1.21. The number of nitrogens with two attached hydrogens (primary N) is 1. The molecule has 0 spiro atoms. The molecule has 0 saturated heterocycles. The van der Waals surface area contributed by atoms with E-state index >= 15 is 0 Å². The summed E-state index contributed by atoms with van der Waals surface area (Å²) >= 11 is 1.31. The van der Waals surface area contributed by atoms with Gasteiger partial charge in [0.15, 0.2) is 0 Å². The number of nitrogens with one attached hydrogen (secondary N) is 1. The quantitative estimate of drug-likeness (QED) is 0.859. The SMILES string of the molecule is CCc1ccc(S(=O)(=O)NCc2ccc(CN)cc2)s1. The molecule has 0 bridgehead atoms. The fourth-order valence-corrected chi connectivity index (χ4v) is 4.09. The number of hydrogen-bond donors (Lipinski definition) is 2. The van der Waals surface area contributed by atoms with Gasteiger partial charge in [-0.15, -0.1) is 11.3 Å². The average Bonchev–Trinajstić information content (AvgIpc) is 2.95. The summed E-state index contributed by atoms with van der Waals surface area (Å²) in [6.07, 6.45) is 0.848. The molecule has 0 radical (unpaired) electrons. The molecule has 0 atom stereocenters. The molecule has 0 unspecified atom stereocenters. The van der Waals surface area contributed by atoms with Crippen LogP contribution in [0.3, 0.4) is 0 Å². The van der Waals surface area contributed by atoms with Gasteiger partial charge in [0.1, 0.15) is 4.21 Å². The Morgan fingerprint density at radius 1 is 1.10 bits per heavy atom. The summed E-state index contributed by atoms with van der Waals surface area (Å²) in [6.45, 7) is 2.78. The summed E-state index contributed by atoms with van der Waals surface area (Å²) in [7, 11) is -3.42. The smallest absolute Gasteiger partial charge is 0.250 e. The number of benzene rings is 1. The van der Waals surface area contributed by atoms with Crippen molar-refractivity contribution in [2.45, 2.75) is 30.6 Å². The third kappa shape index (κ3) is 3.67. The summed E-state index contributed by atoms with van der Waals surface area (Å²) in [5.41, 5.74) is 7.47. The Bertz CT molecular complexity index is 661. The molecule has 0 saturated carbocycles. The van der Waals surface area contributed by atoms with Gasteiger partial charge in [0.05, 0.1) is 0 Å². The van der Waals surface area contributed by atoms with Crippen molar-refractivity contribution in [2.75, 3.05) is 0 Å². The molecule has 4 nitrogen and oxygen atoms in total. The molecular weight excluding hydrogens is 292 g/mol. The van der Waals surface area contributed by atoms with Crippen molar-refractivity contribution in [1.29, 1.82) is 0 Å². The molecule has 3 N–H and O–H groups in total. The Labute approximate surface area is 123 Å². The molecule has 1 aromatic heterocycles. The molecule has 108 valence electrons. The molecule has 20 heavy (non-hydrogen) atoms. The fraction of sp³-hybridized carbons (Fsp3) is 0.286. The first-order valence-electron chi connectivity index (χ1n) is 6.41. The van der Waals surface area contributed by atoms with E-state index in [-0.39, 0.29) is 6.54 Å². The summed E-state index contributed by atoms with van der Waals surface area (Å²) in [5, 5.41) is 0. The zero-order chi connectivity index (χ0) is 14.6. The molecule has 1 heterocycles. The van der Waals surface area contributed by atoms with Crippen LogP contribution in [0.2, 0.25) is 0 Å². The maximum absolute atomic E-state index is 12.1. The lowest BCUT2D eigenvalue weighted by molar-refractivity contribution is 0.583. The van der Waals surface area contributed by atoms with Crippen molar-refractivity contribution in [2.24, 2.45) is 5.73 Å². The van der Waals surface area contributed by atoms with Crippen molar-refractivity contribution in [3.05, 3.63) is 52.4 Å². The van der Waals surface area contributed by atoms with Gasteiger partial charge in [0.25, 0.3) is 0 Å². The third-order valence-electron chi connectivity index (χ3n) is 2.98.